The van der Waals surface area contributed by atoms with Gasteiger partial charge in [-0.25, -0.2) is 4.57 Å². The largest absolute Gasteiger partial charge is 0.472 e. The molecule has 0 radical (unpaired) electrons. The third-order valence-electron chi connectivity index (χ3n) is 5.14. The molecule has 0 heterocycles. The van der Waals surface area contributed by atoms with Gasteiger partial charge in [0, 0.05) is 12.8 Å². The van der Waals surface area contributed by atoms with Gasteiger partial charge in [0.05, 0.1) is 27.7 Å². The molecular weight excluding hydrogens is 461 g/mol. The van der Waals surface area contributed by atoms with E-state index in [0.29, 0.717) is 17.4 Å². The maximum Gasteiger partial charge on any atom is 0.472 e. The second-order valence-electron chi connectivity index (χ2n) is 9.73. The lowest BCUT2D eigenvalue weighted by Gasteiger charge is -2.24. The van der Waals surface area contributed by atoms with Crippen LogP contribution in [-0.2, 0) is 32.7 Å². The molecule has 1 unspecified atom stereocenters. The molecule has 0 fully saturated rings. The molecule has 0 aromatic heterocycles. The van der Waals surface area contributed by atoms with Crippen LogP contribution in [0.3, 0.4) is 0 Å². The van der Waals surface area contributed by atoms with Gasteiger partial charge >= 0.3 is 19.8 Å². The van der Waals surface area contributed by atoms with Crippen molar-refractivity contribution in [1.29, 1.82) is 0 Å². The minimum Gasteiger partial charge on any atom is -0.462 e. The van der Waals surface area contributed by atoms with Crippen molar-refractivity contribution in [3.05, 3.63) is 0 Å². The Morgan fingerprint density at radius 3 is 1.91 bits per heavy atom. The number of phosphoric acid groups is 1. The number of carbonyl (C=O) groups excluding carboxylic acids is 2. The summed E-state index contributed by atoms with van der Waals surface area (Å²) in [4.78, 5) is 34.2. The molecule has 0 saturated heterocycles. The van der Waals surface area contributed by atoms with Gasteiger partial charge in [-0.1, -0.05) is 65.2 Å². The fourth-order valence-electron chi connectivity index (χ4n) is 3.01. The van der Waals surface area contributed by atoms with Crippen LogP contribution in [0, 0.1) is 0 Å². The summed E-state index contributed by atoms with van der Waals surface area (Å²) in [6, 6.07) is 0. The third kappa shape index (κ3) is 21.5. The number of nitrogens with zero attached hydrogens (tertiary/aromatic N) is 1. The fourth-order valence-corrected chi connectivity index (χ4v) is 3.75. The second-order valence-corrected chi connectivity index (χ2v) is 11.2. The van der Waals surface area contributed by atoms with Gasteiger partial charge < -0.3 is 18.9 Å². The van der Waals surface area contributed by atoms with Gasteiger partial charge in [0.15, 0.2) is 6.10 Å². The SMILES string of the molecule is CCCCCCCCC(=O)OC[C@@H](COP(=O)(O)OCC[N+](C)(C)C)OC(=O)CCCCCC. The Balaban J connectivity index is 4.59. The van der Waals surface area contributed by atoms with E-state index >= 15 is 0 Å². The lowest BCUT2D eigenvalue weighted by Crippen LogP contribution is -2.37. The van der Waals surface area contributed by atoms with Crippen LogP contribution >= 0.6 is 7.82 Å². The molecule has 202 valence electrons. The van der Waals surface area contributed by atoms with E-state index in [9.17, 15) is 19.0 Å². The van der Waals surface area contributed by atoms with E-state index in [0.717, 1.165) is 44.9 Å². The summed E-state index contributed by atoms with van der Waals surface area (Å²) in [5.41, 5.74) is 0. The maximum absolute atomic E-state index is 12.2. The van der Waals surface area contributed by atoms with Gasteiger partial charge in [-0.2, -0.15) is 0 Å². The number of phosphoric ester groups is 1. The van der Waals surface area contributed by atoms with Gasteiger partial charge in [0.2, 0.25) is 0 Å². The van der Waals surface area contributed by atoms with Crippen molar-refractivity contribution < 1.29 is 42.1 Å². The number of hydrogen-bond donors (Lipinski definition) is 1. The molecule has 34 heavy (non-hydrogen) atoms. The Bertz CT molecular complexity index is 594. The van der Waals surface area contributed by atoms with E-state index in [-0.39, 0.29) is 32.0 Å². The van der Waals surface area contributed by atoms with Crippen molar-refractivity contribution in [2.24, 2.45) is 0 Å². The Kier molecular flexibility index (Phi) is 18.7. The highest BCUT2D eigenvalue weighted by Crippen LogP contribution is 2.43. The zero-order valence-electron chi connectivity index (χ0n) is 22.1. The van der Waals surface area contributed by atoms with Gasteiger partial charge in [0.25, 0.3) is 0 Å². The maximum atomic E-state index is 12.2. The van der Waals surface area contributed by atoms with Crippen LogP contribution < -0.4 is 0 Å². The highest BCUT2D eigenvalue weighted by atomic mass is 31.2. The highest BCUT2D eigenvalue weighted by molar-refractivity contribution is 7.47. The minimum atomic E-state index is -4.33. The van der Waals surface area contributed by atoms with Crippen LogP contribution in [0.2, 0.25) is 0 Å². The second kappa shape index (κ2) is 19.2. The first-order chi connectivity index (χ1) is 16.0. The third-order valence-corrected chi connectivity index (χ3v) is 6.12. The fraction of sp³-hybridized carbons (Fsp3) is 0.917. The van der Waals surface area contributed by atoms with E-state index in [2.05, 4.69) is 13.8 Å². The minimum absolute atomic E-state index is 0.0341. The number of ether oxygens (including phenoxy) is 2. The summed E-state index contributed by atoms with van der Waals surface area (Å²) in [6.07, 6.45) is 9.59. The van der Waals surface area contributed by atoms with E-state index in [1.807, 2.05) is 21.1 Å². The Morgan fingerprint density at radius 2 is 1.32 bits per heavy atom. The number of quaternary nitrogens is 1. The molecule has 0 saturated carbocycles. The van der Waals surface area contributed by atoms with Crippen LogP contribution in [0.15, 0.2) is 0 Å². The van der Waals surface area contributed by atoms with Crippen molar-refractivity contribution in [1.82, 2.24) is 0 Å². The number of unbranched alkanes of at least 4 members (excludes halogenated alkanes) is 8. The zero-order valence-corrected chi connectivity index (χ0v) is 23.0. The first-order valence-corrected chi connectivity index (χ1v) is 14.3. The van der Waals surface area contributed by atoms with Crippen LogP contribution in [0.25, 0.3) is 0 Å². The molecule has 0 aromatic rings. The molecule has 0 amide bonds. The Morgan fingerprint density at radius 1 is 0.794 bits per heavy atom. The molecule has 0 aliphatic rings. The monoisotopic (exact) mass is 510 g/mol. The summed E-state index contributed by atoms with van der Waals surface area (Å²) in [5.74, 6) is -0.832. The van der Waals surface area contributed by atoms with Gasteiger partial charge in [-0.05, 0) is 12.8 Å². The van der Waals surface area contributed by atoms with Crippen molar-refractivity contribution in [3.63, 3.8) is 0 Å². The Hall–Kier alpha value is -0.990. The summed E-state index contributed by atoms with van der Waals surface area (Å²) in [7, 11) is 1.47. The number of carbonyl (C=O) groups is 2. The highest BCUT2D eigenvalue weighted by Gasteiger charge is 2.27. The molecule has 0 bridgehead atoms. The molecule has 9 nitrogen and oxygen atoms in total. The molecule has 10 heteroatoms. The molecule has 0 spiro atoms. The van der Waals surface area contributed by atoms with Crippen molar-refractivity contribution in [3.8, 4) is 0 Å². The van der Waals surface area contributed by atoms with Crippen molar-refractivity contribution in [2.75, 3.05) is 47.5 Å². The lowest BCUT2D eigenvalue weighted by atomic mass is 10.1. The topological polar surface area (TPSA) is 108 Å². The molecular formula is C24H49NO8P+. The number of rotatable bonds is 22. The normalized spacial score (nSPS) is 14.4. The smallest absolute Gasteiger partial charge is 0.462 e. The Labute approximate surface area is 206 Å². The van der Waals surface area contributed by atoms with Crippen LogP contribution in [0.5, 0.6) is 0 Å². The summed E-state index contributed by atoms with van der Waals surface area (Å²) in [6.45, 7) is 4.16. The average Bonchev–Trinajstić information content (AvgIpc) is 2.74. The zero-order chi connectivity index (χ0) is 25.9. The molecule has 0 rings (SSSR count). The van der Waals surface area contributed by atoms with Gasteiger partial charge in [-0.15, -0.1) is 0 Å². The predicted octanol–water partition coefficient (Wildman–Crippen LogP) is 5.00. The lowest BCUT2D eigenvalue weighted by molar-refractivity contribution is -0.870. The molecule has 0 aromatic carbocycles. The molecule has 0 aliphatic heterocycles. The van der Waals surface area contributed by atoms with Crippen molar-refractivity contribution in [2.45, 2.75) is 97.0 Å². The van der Waals surface area contributed by atoms with E-state index in [4.69, 9.17) is 18.5 Å². The predicted molar refractivity (Wildman–Crippen MR) is 132 cm³/mol. The van der Waals surface area contributed by atoms with Gasteiger partial charge in [-0.3, -0.25) is 18.6 Å². The summed E-state index contributed by atoms with van der Waals surface area (Å²) >= 11 is 0. The van der Waals surface area contributed by atoms with E-state index in [1.54, 1.807) is 0 Å². The van der Waals surface area contributed by atoms with E-state index in [1.165, 1.54) is 12.8 Å². The number of hydrogen-bond acceptors (Lipinski definition) is 7. The van der Waals surface area contributed by atoms with E-state index < -0.39 is 26.5 Å². The van der Waals surface area contributed by atoms with Crippen LogP contribution in [-0.4, -0.2) is 74.9 Å². The first kappa shape index (κ1) is 33.0. The van der Waals surface area contributed by atoms with Gasteiger partial charge in [0.1, 0.15) is 19.8 Å². The van der Waals surface area contributed by atoms with Crippen LogP contribution in [0.1, 0.15) is 90.9 Å². The molecule has 0 aliphatic carbocycles. The summed E-state index contributed by atoms with van der Waals surface area (Å²) < 4.78 is 33.4. The summed E-state index contributed by atoms with van der Waals surface area (Å²) in [5, 5.41) is 0. The van der Waals surface area contributed by atoms with Crippen LogP contribution in [0.4, 0.5) is 0 Å². The average molecular weight is 511 g/mol. The number of likely N-dealkylation sites (N-methyl/N-ethyl adjacent to an activating group) is 1. The standard InChI is InChI=1S/C24H48NO8P/c1-6-8-10-12-13-15-16-23(26)30-20-22(33-24(27)17-14-11-9-7-2)21-32-34(28,29)31-19-18-25(3,4)5/h22H,6-21H2,1-5H3/p+1/t22-/m0/s1. The molecule has 2 atom stereocenters. The number of esters is 2. The van der Waals surface area contributed by atoms with Crippen molar-refractivity contribution >= 4 is 19.8 Å². The first-order valence-electron chi connectivity index (χ1n) is 12.8. The quantitative estimate of drug-likeness (QED) is 0.0938. The molecule has 1 N–H and O–H groups in total.